The zero-order valence-corrected chi connectivity index (χ0v) is 28.0. The fraction of sp³-hybridized carbons (Fsp3) is 0. The molecule has 5 heterocycles. The standard InChI is InChI=1S/C48H27BN2O/c1-3-12-28(13-4-1)30-22-23-41-36(24-30)38-25-31(29-14-5-2-6-15-29)26-40-46(38)50(41)47-44-37(27-39-33-17-8-10-21-43(33)52-48(39)47)35-19-11-18-34-32-16-7-9-20-42(32)51(45(34)35)49(40)44/h1-27H. The predicted molar refractivity (Wildman–Crippen MR) is 218 cm³/mol. The molecular weight excluding hydrogens is 631 g/mol. The molecule has 52 heavy (non-hydrogen) atoms. The second kappa shape index (κ2) is 9.51. The number of aromatic nitrogens is 2. The molecule has 3 aromatic heterocycles. The van der Waals surface area contributed by atoms with Crippen LogP contribution in [-0.4, -0.2) is 15.9 Å². The Hall–Kier alpha value is -6.78. The maximum atomic E-state index is 6.97. The molecule has 4 heteroatoms. The minimum Gasteiger partial charge on any atom is -0.454 e. The molecule has 0 fully saturated rings. The normalized spacial score (nSPS) is 13.0. The van der Waals surface area contributed by atoms with Crippen molar-refractivity contribution >= 4 is 83.3 Å². The maximum absolute atomic E-state index is 6.97. The van der Waals surface area contributed by atoms with Crippen LogP contribution in [0.1, 0.15) is 0 Å². The quantitative estimate of drug-likeness (QED) is 0.170. The average Bonchev–Trinajstić information content (AvgIpc) is 3.87. The Balaban J connectivity index is 1.29. The number of nitrogens with zero attached hydrogens (tertiary/aromatic N) is 2. The van der Waals surface area contributed by atoms with Gasteiger partial charge in [-0.15, -0.1) is 0 Å². The Kier molecular flexibility index (Phi) is 4.94. The summed E-state index contributed by atoms with van der Waals surface area (Å²) in [6.45, 7) is -0.0588. The van der Waals surface area contributed by atoms with Crippen LogP contribution in [0.3, 0.4) is 0 Å². The molecule has 0 unspecified atom stereocenters. The molecular formula is C48H27BN2O. The van der Waals surface area contributed by atoms with Gasteiger partial charge in [-0.05, 0) is 75.1 Å². The summed E-state index contributed by atoms with van der Waals surface area (Å²) in [5.74, 6) is 0. The Labute approximate surface area is 298 Å². The first kappa shape index (κ1) is 27.0. The maximum Gasteiger partial charge on any atom is 0.333 e. The molecule has 0 bridgehead atoms. The highest BCUT2D eigenvalue weighted by molar-refractivity contribution is 6.90. The second-order valence-electron chi connectivity index (χ2n) is 14.4. The Morgan fingerprint density at radius 1 is 0.423 bits per heavy atom. The summed E-state index contributed by atoms with van der Waals surface area (Å²) in [5, 5.41) is 7.40. The molecule has 0 spiro atoms. The first-order chi connectivity index (χ1) is 25.8. The van der Waals surface area contributed by atoms with Gasteiger partial charge in [0, 0.05) is 48.9 Å². The highest BCUT2D eigenvalue weighted by Crippen LogP contribution is 2.47. The minimum absolute atomic E-state index is 0.0588. The molecule has 0 atom stereocenters. The van der Waals surface area contributed by atoms with Gasteiger partial charge in [0.05, 0.1) is 16.7 Å². The van der Waals surface area contributed by atoms with E-state index in [4.69, 9.17) is 4.42 Å². The van der Waals surface area contributed by atoms with Gasteiger partial charge in [-0.2, -0.15) is 0 Å². The van der Waals surface area contributed by atoms with Gasteiger partial charge in [0.2, 0.25) is 0 Å². The Bertz CT molecular complexity index is 3350. The van der Waals surface area contributed by atoms with Crippen molar-refractivity contribution in [3.63, 3.8) is 0 Å². The van der Waals surface area contributed by atoms with Crippen LogP contribution in [0.5, 0.6) is 0 Å². The van der Waals surface area contributed by atoms with Gasteiger partial charge in [-0.3, -0.25) is 0 Å². The molecule has 2 aliphatic rings. The molecule has 238 valence electrons. The van der Waals surface area contributed by atoms with E-state index in [1.165, 1.54) is 87.9 Å². The van der Waals surface area contributed by atoms with Crippen molar-refractivity contribution in [2.75, 3.05) is 0 Å². The third-order valence-electron chi connectivity index (χ3n) is 11.9. The number of benzene rings is 8. The lowest BCUT2D eigenvalue weighted by molar-refractivity contribution is 0.667. The average molecular weight is 659 g/mol. The molecule has 8 aromatic carbocycles. The van der Waals surface area contributed by atoms with E-state index in [0.29, 0.717) is 0 Å². The second-order valence-corrected chi connectivity index (χ2v) is 14.4. The van der Waals surface area contributed by atoms with Crippen LogP contribution in [0.15, 0.2) is 168 Å². The molecule has 3 nitrogen and oxygen atoms in total. The fourth-order valence-corrected chi connectivity index (χ4v) is 9.77. The van der Waals surface area contributed by atoms with E-state index in [2.05, 4.69) is 173 Å². The molecule has 0 radical (unpaired) electrons. The van der Waals surface area contributed by atoms with Crippen LogP contribution in [-0.2, 0) is 0 Å². The number of hydrogen-bond acceptors (Lipinski definition) is 1. The van der Waals surface area contributed by atoms with Gasteiger partial charge < -0.3 is 13.5 Å². The van der Waals surface area contributed by atoms with E-state index in [1.807, 2.05) is 0 Å². The third kappa shape index (κ3) is 3.24. The molecule has 0 N–H and O–H groups in total. The summed E-state index contributed by atoms with van der Waals surface area (Å²) in [6, 6.07) is 60.3. The van der Waals surface area contributed by atoms with Crippen molar-refractivity contribution in [1.29, 1.82) is 0 Å². The van der Waals surface area contributed by atoms with Crippen molar-refractivity contribution in [2.45, 2.75) is 0 Å². The van der Waals surface area contributed by atoms with Crippen LogP contribution in [0.25, 0.3) is 105 Å². The van der Waals surface area contributed by atoms with Gasteiger partial charge in [-0.25, -0.2) is 0 Å². The molecule has 0 aliphatic carbocycles. The van der Waals surface area contributed by atoms with Gasteiger partial charge >= 0.3 is 6.85 Å². The van der Waals surface area contributed by atoms with Gasteiger partial charge in [-0.1, -0.05) is 127 Å². The van der Waals surface area contributed by atoms with Crippen molar-refractivity contribution in [1.82, 2.24) is 9.05 Å². The van der Waals surface area contributed by atoms with E-state index >= 15 is 0 Å². The molecule has 0 amide bonds. The summed E-state index contributed by atoms with van der Waals surface area (Å²) in [6.07, 6.45) is 0. The van der Waals surface area contributed by atoms with E-state index in [-0.39, 0.29) is 6.85 Å². The zero-order chi connectivity index (χ0) is 33.7. The molecule has 0 saturated carbocycles. The smallest absolute Gasteiger partial charge is 0.333 e. The van der Waals surface area contributed by atoms with Gasteiger partial charge in [0.1, 0.15) is 5.58 Å². The number of furan rings is 1. The highest BCUT2D eigenvalue weighted by Gasteiger charge is 2.43. The molecule has 2 aliphatic heterocycles. The summed E-state index contributed by atoms with van der Waals surface area (Å²) in [5.41, 5.74) is 18.1. The molecule has 11 aromatic rings. The first-order valence-corrected chi connectivity index (χ1v) is 18.1. The number of hydrogen-bond donors (Lipinski definition) is 0. The topological polar surface area (TPSA) is 23.0 Å². The van der Waals surface area contributed by atoms with Crippen molar-refractivity contribution in [2.24, 2.45) is 0 Å². The zero-order valence-electron chi connectivity index (χ0n) is 28.0. The molecule has 0 saturated heterocycles. The van der Waals surface area contributed by atoms with Crippen LogP contribution >= 0.6 is 0 Å². The van der Waals surface area contributed by atoms with Crippen LogP contribution in [0.2, 0.25) is 0 Å². The largest absolute Gasteiger partial charge is 0.454 e. The summed E-state index contributed by atoms with van der Waals surface area (Å²) in [7, 11) is 0. The van der Waals surface area contributed by atoms with E-state index in [1.54, 1.807) is 0 Å². The van der Waals surface area contributed by atoms with Crippen molar-refractivity contribution < 1.29 is 4.42 Å². The summed E-state index contributed by atoms with van der Waals surface area (Å²) in [4.78, 5) is 0. The number of fused-ring (bicyclic) bond motifs is 14. The Morgan fingerprint density at radius 2 is 1.13 bits per heavy atom. The summed E-state index contributed by atoms with van der Waals surface area (Å²) < 4.78 is 12.2. The van der Waals surface area contributed by atoms with Crippen LogP contribution < -0.4 is 10.9 Å². The van der Waals surface area contributed by atoms with Crippen molar-refractivity contribution in [3.8, 4) is 39.1 Å². The van der Waals surface area contributed by atoms with E-state index in [9.17, 15) is 0 Å². The van der Waals surface area contributed by atoms with Gasteiger partial charge in [0.25, 0.3) is 0 Å². The van der Waals surface area contributed by atoms with Crippen LogP contribution in [0.4, 0.5) is 0 Å². The first-order valence-electron chi connectivity index (χ1n) is 18.1. The molecule has 13 rings (SSSR count). The number of rotatable bonds is 2. The Morgan fingerprint density at radius 3 is 1.98 bits per heavy atom. The SMILES string of the molecule is c1ccc(-c2ccc3c(c2)c2cc(-c4ccccc4)cc4c2n3-c2c3c(cc5c2oc2ccccc25)-c2cccc5c6ccccc6n(c25)B34)cc1. The van der Waals surface area contributed by atoms with E-state index in [0.717, 1.165) is 27.6 Å². The highest BCUT2D eigenvalue weighted by atomic mass is 16.3. The lowest BCUT2D eigenvalue weighted by Gasteiger charge is -2.34. The lowest BCUT2D eigenvalue weighted by atomic mass is 9.45. The van der Waals surface area contributed by atoms with E-state index < -0.39 is 0 Å². The van der Waals surface area contributed by atoms with Crippen molar-refractivity contribution in [3.05, 3.63) is 164 Å². The number of para-hydroxylation sites is 3. The summed E-state index contributed by atoms with van der Waals surface area (Å²) >= 11 is 0. The van der Waals surface area contributed by atoms with Gasteiger partial charge in [0.15, 0.2) is 5.58 Å². The monoisotopic (exact) mass is 658 g/mol. The predicted octanol–water partition coefficient (Wildman–Crippen LogP) is 11.1. The van der Waals surface area contributed by atoms with Crippen LogP contribution in [0, 0.1) is 0 Å². The fourth-order valence-electron chi connectivity index (χ4n) is 9.77. The lowest BCUT2D eigenvalue weighted by Crippen LogP contribution is -2.55. The minimum atomic E-state index is -0.0588. The third-order valence-corrected chi connectivity index (χ3v) is 11.9.